The molecule has 4 rings (SSSR count). The fourth-order valence-corrected chi connectivity index (χ4v) is 3.58. The van der Waals surface area contributed by atoms with Crippen LogP contribution in [0.3, 0.4) is 0 Å². The van der Waals surface area contributed by atoms with E-state index in [4.69, 9.17) is 32.4 Å². The topological polar surface area (TPSA) is 39.4 Å². The highest BCUT2D eigenvalue weighted by Gasteiger charge is 2.14. The van der Waals surface area contributed by atoms with Gasteiger partial charge in [0.2, 0.25) is 5.43 Å². The van der Waals surface area contributed by atoms with E-state index in [2.05, 4.69) is 0 Å². The highest BCUT2D eigenvalue weighted by Crippen LogP contribution is 2.27. The van der Waals surface area contributed by atoms with Gasteiger partial charge in [0.1, 0.15) is 23.7 Å². The van der Waals surface area contributed by atoms with Gasteiger partial charge in [-0.25, -0.2) is 0 Å². The summed E-state index contributed by atoms with van der Waals surface area (Å²) in [7, 11) is 0. The lowest BCUT2D eigenvalue weighted by Crippen LogP contribution is -2.07. The number of hydrogen-bond donors (Lipinski definition) is 0. The van der Waals surface area contributed by atoms with Gasteiger partial charge in [-0.1, -0.05) is 59.6 Å². The van der Waals surface area contributed by atoms with Crippen LogP contribution in [0.25, 0.3) is 22.1 Å². The molecule has 0 N–H and O–H groups in total. The summed E-state index contributed by atoms with van der Waals surface area (Å²) in [6.45, 7) is 2.08. The average molecular weight is 411 g/mol. The van der Waals surface area contributed by atoms with Gasteiger partial charge in [0, 0.05) is 21.7 Å². The number of rotatable bonds is 4. The van der Waals surface area contributed by atoms with Crippen molar-refractivity contribution in [2.24, 2.45) is 0 Å². The molecule has 1 heterocycles. The van der Waals surface area contributed by atoms with Gasteiger partial charge >= 0.3 is 0 Å². The molecule has 3 aromatic carbocycles. The van der Waals surface area contributed by atoms with Gasteiger partial charge in [-0.05, 0) is 36.8 Å². The first-order chi connectivity index (χ1) is 13.5. The van der Waals surface area contributed by atoms with Gasteiger partial charge in [0.05, 0.1) is 10.9 Å². The zero-order chi connectivity index (χ0) is 19.7. The van der Waals surface area contributed by atoms with Crippen molar-refractivity contribution in [3.8, 4) is 16.9 Å². The normalized spacial score (nSPS) is 11.0. The minimum Gasteiger partial charge on any atom is -0.489 e. The molecule has 4 aromatic rings. The maximum atomic E-state index is 13.0. The summed E-state index contributed by atoms with van der Waals surface area (Å²) in [5, 5.41) is 1.63. The monoisotopic (exact) mass is 410 g/mol. The number of hydrogen-bond acceptors (Lipinski definition) is 3. The maximum Gasteiger partial charge on any atom is 0.200 e. The van der Waals surface area contributed by atoms with Gasteiger partial charge < -0.3 is 9.15 Å². The SMILES string of the molecule is Cc1oc2cc(OCc3ccc(Cl)cc3Cl)ccc2c(=O)c1-c1ccccc1. The lowest BCUT2D eigenvalue weighted by atomic mass is 10.0. The predicted octanol–water partition coefficient (Wildman–Crippen LogP) is 6.65. The van der Waals surface area contributed by atoms with Crippen molar-refractivity contribution in [2.75, 3.05) is 0 Å². The van der Waals surface area contributed by atoms with E-state index in [9.17, 15) is 4.79 Å². The van der Waals surface area contributed by atoms with Crippen molar-refractivity contribution in [1.29, 1.82) is 0 Å². The van der Waals surface area contributed by atoms with Crippen LogP contribution in [0.2, 0.25) is 10.0 Å². The van der Waals surface area contributed by atoms with Gasteiger partial charge in [-0.15, -0.1) is 0 Å². The van der Waals surface area contributed by atoms with E-state index in [1.807, 2.05) is 36.4 Å². The minimum absolute atomic E-state index is 0.0581. The van der Waals surface area contributed by atoms with Crippen LogP contribution in [0.5, 0.6) is 5.75 Å². The molecule has 1 aromatic heterocycles. The Labute approximate surface area is 172 Å². The second-order valence-electron chi connectivity index (χ2n) is 6.41. The van der Waals surface area contributed by atoms with E-state index in [1.54, 1.807) is 37.3 Å². The largest absolute Gasteiger partial charge is 0.489 e. The number of aryl methyl sites for hydroxylation is 1. The van der Waals surface area contributed by atoms with E-state index in [0.717, 1.165) is 11.1 Å². The lowest BCUT2D eigenvalue weighted by molar-refractivity contribution is 0.306. The molecule has 3 nitrogen and oxygen atoms in total. The molecule has 140 valence electrons. The molecule has 0 amide bonds. The molecule has 28 heavy (non-hydrogen) atoms. The number of halogens is 2. The van der Waals surface area contributed by atoms with Crippen LogP contribution in [-0.4, -0.2) is 0 Å². The summed E-state index contributed by atoms with van der Waals surface area (Å²) in [6, 6.07) is 20.0. The molecular weight excluding hydrogens is 395 g/mol. The third-order valence-corrected chi connectivity index (χ3v) is 5.10. The first kappa shape index (κ1) is 18.6. The summed E-state index contributed by atoms with van der Waals surface area (Å²) in [5.41, 5.74) is 2.67. The van der Waals surface area contributed by atoms with E-state index in [-0.39, 0.29) is 12.0 Å². The molecule has 5 heteroatoms. The van der Waals surface area contributed by atoms with Gasteiger partial charge in [-0.3, -0.25) is 4.79 Å². The Morgan fingerprint density at radius 3 is 2.50 bits per heavy atom. The highest BCUT2D eigenvalue weighted by atomic mass is 35.5. The van der Waals surface area contributed by atoms with Gasteiger partial charge in [0.25, 0.3) is 0 Å². The molecule has 0 fully saturated rings. The fourth-order valence-electron chi connectivity index (χ4n) is 3.11. The maximum absolute atomic E-state index is 13.0. The van der Waals surface area contributed by atoms with Crippen molar-refractivity contribution >= 4 is 34.2 Å². The van der Waals surface area contributed by atoms with Crippen LogP contribution < -0.4 is 10.2 Å². The third-order valence-electron chi connectivity index (χ3n) is 4.51. The zero-order valence-electron chi connectivity index (χ0n) is 15.0. The van der Waals surface area contributed by atoms with Crippen molar-refractivity contribution in [1.82, 2.24) is 0 Å². The van der Waals surface area contributed by atoms with Crippen LogP contribution in [0, 0.1) is 6.92 Å². The molecule has 0 radical (unpaired) electrons. The van der Waals surface area contributed by atoms with Crippen LogP contribution in [0.15, 0.2) is 75.9 Å². The standard InChI is InChI=1S/C23H16Cl2O3/c1-14-22(15-5-3-2-4-6-15)23(26)19-10-9-18(12-21(19)28-14)27-13-16-7-8-17(24)11-20(16)25/h2-12H,13H2,1H3. The van der Waals surface area contributed by atoms with Crippen molar-refractivity contribution in [3.63, 3.8) is 0 Å². The molecule has 0 bridgehead atoms. The second-order valence-corrected chi connectivity index (χ2v) is 7.25. The first-order valence-electron chi connectivity index (χ1n) is 8.72. The Kier molecular flexibility index (Phi) is 5.12. The molecule has 0 saturated heterocycles. The van der Waals surface area contributed by atoms with E-state index in [1.165, 1.54) is 0 Å². The lowest BCUT2D eigenvalue weighted by Gasteiger charge is -2.10. The molecule has 0 atom stereocenters. The average Bonchev–Trinajstić information content (AvgIpc) is 2.68. The Morgan fingerprint density at radius 1 is 0.964 bits per heavy atom. The second kappa shape index (κ2) is 7.70. The quantitative estimate of drug-likeness (QED) is 0.377. The Bertz CT molecular complexity index is 1210. The van der Waals surface area contributed by atoms with Gasteiger partial charge in [-0.2, -0.15) is 0 Å². The molecule has 0 spiro atoms. The molecule has 0 saturated carbocycles. The Balaban J connectivity index is 1.67. The summed E-state index contributed by atoms with van der Waals surface area (Å²) in [5.74, 6) is 1.16. The summed E-state index contributed by atoms with van der Waals surface area (Å²) in [4.78, 5) is 13.0. The summed E-state index contributed by atoms with van der Waals surface area (Å²) < 4.78 is 11.8. The van der Waals surface area contributed by atoms with E-state index < -0.39 is 0 Å². The Hall–Kier alpha value is -2.75. The number of benzene rings is 3. The van der Waals surface area contributed by atoms with Gasteiger partial charge in [0.15, 0.2) is 0 Å². The van der Waals surface area contributed by atoms with Crippen LogP contribution in [-0.2, 0) is 6.61 Å². The third kappa shape index (κ3) is 3.64. The molecular formula is C23H16Cl2O3. The highest BCUT2D eigenvalue weighted by molar-refractivity contribution is 6.35. The van der Waals surface area contributed by atoms with Crippen molar-refractivity contribution < 1.29 is 9.15 Å². The molecule has 0 aliphatic rings. The summed E-state index contributed by atoms with van der Waals surface area (Å²) in [6.07, 6.45) is 0. The summed E-state index contributed by atoms with van der Waals surface area (Å²) >= 11 is 12.1. The number of ether oxygens (including phenoxy) is 1. The van der Waals surface area contributed by atoms with Crippen LogP contribution in [0.1, 0.15) is 11.3 Å². The predicted molar refractivity (Wildman–Crippen MR) is 113 cm³/mol. The van der Waals surface area contributed by atoms with E-state index >= 15 is 0 Å². The molecule has 0 aliphatic heterocycles. The Morgan fingerprint density at radius 2 is 1.75 bits per heavy atom. The number of fused-ring (bicyclic) bond motifs is 1. The van der Waals surface area contributed by atoms with Crippen LogP contribution in [0.4, 0.5) is 0 Å². The van der Waals surface area contributed by atoms with Crippen molar-refractivity contribution in [2.45, 2.75) is 13.5 Å². The van der Waals surface area contributed by atoms with Crippen LogP contribution >= 0.6 is 23.2 Å². The molecule has 0 unspecified atom stereocenters. The smallest absolute Gasteiger partial charge is 0.200 e. The molecule has 0 aliphatic carbocycles. The fraction of sp³-hybridized carbons (Fsp3) is 0.0870. The first-order valence-corrected chi connectivity index (χ1v) is 9.48. The minimum atomic E-state index is -0.0581. The van der Waals surface area contributed by atoms with Crippen molar-refractivity contribution in [3.05, 3.63) is 98.3 Å². The van der Waals surface area contributed by atoms with E-state index in [0.29, 0.717) is 38.1 Å². The zero-order valence-corrected chi connectivity index (χ0v) is 16.6.